The van der Waals surface area contributed by atoms with Gasteiger partial charge in [0, 0.05) is 0 Å². The van der Waals surface area contributed by atoms with Crippen LogP contribution in [0.5, 0.6) is 0 Å². The number of carbonyl (C=O) groups excluding carboxylic acids is 1. The fourth-order valence-corrected chi connectivity index (χ4v) is 2.47. The zero-order chi connectivity index (χ0) is 16.0. The predicted molar refractivity (Wildman–Crippen MR) is 98.8 cm³/mol. The molecule has 0 aliphatic carbocycles. The van der Waals surface area contributed by atoms with Gasteiger partial charge >= 0.3 is 35.5 Å². The zero-order valence-corrected chi connectivity index (χ0v) is 13.9. The van der Waals surface area contributed by atoms with E-state index in [2.05, 4.69) is 6.92 Å². The molecule has 0 aromatic heterocycles. The van der Waals surface area contributed by atoms with Crippen molar-refractivity contribution in [3.8, 4) is 0 Å². The van der Waals surface area contributed by atoms with Gasteiger partial charge in [-0.2, -0.15) is 0 Å². The van der Waals surface area contributed by atoms with Crippen LogP contribution >= 0.6 is 0 Å². The molecule has 0 aliphatic heterocycles. The van der Waals surface area contributed by atoms with E-state index in [1.807, 2.05) is 30.3 Å². The number of unbranched alkanes of at least 4 members (excludes halogenated alkanes) is 7. The van der Waals surface area contributed by atoms with E-state index in [0.29, 0.717) is 13.0 Å². The molecule has 0 fully saturated rings. The fourth-order valence-electron chi connectivity index (χ4n) is 2.47. The number of carbonyl (C=O) groups is 1. The molecular weight excluding hydrogens is 297 g/mol. The minimum atomic E-state index is -0.559. The van der Waals surface area contributed by atoms with Crippen LogP contribution in [0.4, 0.5) is 0 Å². The second-order valence-electron chi connectivity index (χ2n) is 5.94. The van der Waals surface area contributed by atoms with Gasteiger partial charge in [0.05, 0.1) is 6.61 Å². The molecule has 126 valence electrons. The average Bonchev–Trinajstić information content (AvgIpc) is 2.54. The van der Waals surface area contributed by atoms with E-state index >= 15 is 0 Å². The molecule has 0 saturated carbocycles. The van der Waals surface area contributed by atoms with Crippen LogP contribution in [-0.4, -0.2) is 48.2 Å². The van der Waals surface area contributed by atoms with Gasteiger partial charge in [-0.3, -0.25) is 4.79 Å². The van der Waals surface area contributed by atoms with Gasteiger partial charge in [-0.25, -0.2) is 0 Å². The monoisotopic (exact) mass is 329 g/mol. The molecular formula is C19H32NNaO2. The molecule has 1 aromatic carbocycles. The Morgan fingerprint density at radius 2 is 1.57 bits per heavy atom. The van der Waals surface area contributed by atoms with Crippen LogP contribution in [0.1, 0.15) is 63.9 Å². The summed E-state index contributed by atoms with van der Waals surface area (Å²) in [7, 11) is 0. The second kappa shape index (κ2) is 15.2. The number of hydrogen-bond acceptors (Lipinski definition) is 3. The number of esters is 1. The van der Waals surface area contributed by atoms with Gasteiger partial charge in [0.15, 0.2) is 0 Å². The van der Waals surface area contributed by atoms with Gasteiger partial charge in [-0.1, -0.05) is 82.2 Å². The maximum atomic E-state index is 11.8. The third-order valence-electron chi connectivity index (χ3n) is 3.84. The van der Waals surface area contributed by atoms with Crippen molar-refractivity contribution < 1.29 is 9.53 Å². The van der Waals surface area contributed by atoms with Gasteiger partial charge in [0.25, 0.3) is 0 Å². The summed E-state index contributed by atoms with van der Waals surface area (Å²) in [6.45, 7) is 2.73. The topological polar surface area (TPSA) is 52.3 Å². The Kier molecular flexibility index (Phi) is 15.0. The first kappa shape index (κ1) is 22.6. The van der Waals surface area contributed by atoms with E-state index in [-0.39, 0.29) is 35.5 Å². The van der Waals surface area contributed by atoms with E-state index in [1.165, 1.54) is 38.5 Å². The molecule has 1 atom stereocenters. The Morgan fingerprint density at radius 3 is 2.17 bits per heavy atom. The molecule has 3 nitrogen and oxygen atoms in total. The van der Waals surface area contributed by atoms with Gasteiger partial charge < -0.3 is 10.5 Å². The van der Waals surface area contributed by atoms with E-state index in [1.54, 1.807) is 0 Å². The SMILES string of the molecule is CCCCCCCCCCOC(=O)[C@@H](N)Cc1ccccc1.[NaH]. The minimum absolute atomic E-state index is 0. The van der Waals surface area contributed by atoms with Crippen LogP contribution < -0.4 is 5.73 Å². The van der Waals surface area contributed by atoms with E-state index < -0.39 is 6.04 Å². The quantitative estimate of drug-likeness (QED) is 0.362. The predicted octanol–water partition coefficient (Wildman–Crippen LogP) is 3.59. The first-order chi connectivity index (χ1) is 10.7. The van der Waals surface area contributed by atoms with Crippen LogP contribution in [0.3, 0.4) is 0 Å². The van der Waals surface area contributed by atoms with Crippen LogP contribution in [0.15, 0.2) is 30.3 Å². The first-order valence-corrected chi connectivity index (χ1v) is 8.70. The van der Waals surface area contributed by atoms with Crippen LogP contribution in [-0.2, 0) is 16.0 Å². The summed E-state index contributed by atoms with van der Waals surface area (Å²) < 4.78 is 5.26. The molecule has 4 heteroatoms. The first-order valence-electron chi connectivity index (χ1n) is 8.70. The van der Waals surface area contributed by atoms with Gasteiger partial charge in [-0.15, -0.1) is 0 Å². The molecule has 1 rings (SSSR count). The summed E-state index contributed by atoms with van der Waals surface area (Å²) in [5.74, 6) is -0.285. The number of rotatable bonds is 12. The van der Waals surface area contributed by atoms with Crippen molar-refractivity contribution in [1.82, 2.24) is 0 Å². The van der Waals surface area contributed by atoms with Crippen molar-refractivity contribution in [2.75, 3.05) is 6.61 Å². The molecule has 23 heavy (non-hydrogen) atoms. The van der Waals surface area contributed by atoms with Gasteiger partial charge in [0.2, 0.25) is 0 Å². The van der Waals surface area contributed by atoms with Crippen LogP contribution in [0.25, 0.3) is 0 Å². The molecule has 0 saturated heterocycles. The zero-order valence-electron chi connectivity index (χ0n) is 13.9. The van der Waals surface area contributed by atoms with Crippen molar-refractivity contribution in [3.63, 3.8) is 0 Å². The molecule has 1 aromatic rings. The summed E-state index contributed by atoms with van der Waals surface area (Å²) in [5, 5.41) is 0. The number of hydrogen-bond donors (Lipinski definition) is 1. The summed E-state index contributed by atoms with van der Waals surface area (Å²) in [5.41, 5.74) is 6.95. The van der Waals surface area contributed by atoms with Gasteiger partial charge in [-0.05, 0) is 18.4 Å². The molecule has 0 bridgehead atoms. The normalized spacial score (nSPS) is 11.6. The van der Waals surface area contributed by atoms with Crippen molar-refractivity contribution in [1.29, 1.82) is 0 Å². The van der Waals surface area contributed by atoms with E-state index in [0.717, 1.165) is 18.4 Å². The van der Waals surface area contributed by atoms with Crippen molar-refractivity contribution in [2.45, 2.75) is 70.8 Å². The molecule has 2 N–H and O–H groups in total. The fraction of sp³-hybridized carbons (Fsp3) is 0.632. The molecule has 0 spiro atoms. The van der Waals surface area contributed by atoms with E-state index in [4.69, 9.17) is 10.5 Å². The summed E-state index contributed by atoms with van der Waals surface area (Å²) >= 11 is 0. The molecule has 0 unspecified atom stereocenters. The Labute approximate surface area is 163 Å². The molecule has 0 aliphatic rings. The molecule has 0 amide bonds. The van der Waals surface area contributed by atoms with Gasteiger partial charge in [0.1, 0.15) is 6.04 Å². The Hall–Kier alpha value is -0.350. The Morgan fingerprint density at radius 1 is 1.00 bits per heavy atom. The van der Waals surface area contributed by atoms with Crippen molar-refractivity contribution in [2.24, 2.45) is 5.73 Å². The second-order valence-corrected chi connectivity index (χ2v) is 5.94. The summed E-state index contributed by atoms with van der Waals surface area (Å²) in [6, 6.07) is 9.26. The molecule has 0 heterocycles. The number of ether oxygens (including phenoxy) is 1. The Balaban J connectivity index is 0.00000484. The summed E-state index contributed by atoms with van der Waals surface area (Å²) in [6.07, 6.45) is 10.5. The number of nitrogens with two attached hydrogens (primary N) is 1. The van der Waals surface area contributed by atoms with Crippen LogP contribution in [0, 0.1) is 0 Å². The third-order valence-corrected chi connectivity index (χ3v) is 3.84. The summed E-state index contributed by atoms with van der Waals surface area (Å²) in [4.78, 5) is 11.8. The van der Waals surface area contributed by atoms with Crippen LogP contribution in [0.2, 0.25) is 0 Å². The number of benzene rings is 1. The molecule has 0 radical (unpaired) electrons. The average molecular weight is 329 g/mol. The van der Waals surface area contributed by atoms with Crippen molar-refractivity contribution in [3.05, 3.63) is 35.9 Å². The van der Waals surface area contributed by atoms with E-state index in [9.17, 15) is 4.79 Å². The Bertz CT molecular complexity index is 398. The van der Waals surface area contributed by atoms with Crippen molar-refractivity contribution >= 4 is 35.5 Å². The standard InChI is InChI=1S/C19H31NO2.Na.H/c1-2-3-4-5-6-7-8-12-15-22-19(21)18(20)16-17-13-10-9-11-14-17;;/h9-11,13-14,18H,2-8,12,15-16,20H2,1H3;;/t18-;;/m0../s1. The maximum absolute atomic E-state index is 11.8. The third kappa shape index (κ3) is 11.8.